The minimum atomic E-state index is -3.96. The van der Waals surface area contributed by atoms with Crippen molar-refractivity contribution in [3.8, 4) is 17.1 Å². The molecule has 0 aliphatic carbocycles. The summed E-state index contributed by atoms with van der Waals surface area (Å²) in [5.41, 5.74) is -1.68. The summed E-state index contributed by atoms with van der Waals surface area (Å²) in [6, 6.07) is 12.4. The number of aromatic nitrogens is 2. The first kappa shape index (κ1) is 19.8. The number of aromatic hydroxyl groups is 1. The number of rotatable bonds is 5. The highest BCUT2D eigenvalue weighted by atomic mass is 127. The highest BCUT2D eigenvalue weighted by Crippen LogP contribution is 2.28. The van der Waals surface area contributed by atoms with Crippen molar-refractivity contribution in [2.45, 2.75) is 4.90 Å². The van der Waals surface area contributed by atoms with E-state index in [1.807, 2.05) is 22.6 Å². The lowest BCUT2D eigenvalue weighted by atomic mass is 10.1. The van der Waals surface area contributed by atoms with Crippen LogP contribution in [0.2, 0.25) is 0 Å². The van der Waals surface area contributed by atoms with E-state index < -0.39 is 33.0 Å². The van der Waals surface area contributed by atoms with Gasteiger partial charge in [0.25, 0.3) is 15.6 Å². The standard InChI is InChI=1S/C17H12IN3O6S/c18-10-6-2-4-8-12(10)28(26,27)21-11-7-3-1-5-9(11)15-19-13(17(24)25)14(22)16(23)20-15/h1-8,21-22H,(H,24,25)(H,19,20,23). The first-order valence-electron chi connectivity index (χ1n) is 7.64. The van der Waals surface area contributed by atoms with Crippen LogP contribution in [0, 0.1) is 3.57 Å². The quantitative estimate of drug-likeness (QED) is 0.383. The van der Waals surface area contributed by atoms with Crippen LogP contribution in [-0.2, 0) is 10.0 Å². The third-order valence-corrected chi connectivity index (χ3v) is 6.38. The lowest BCUT2D eigenvalue weighted by Gasteiger charge is -2.13. The predicted molar refractivity (Wildman–Crippen MR) is 109 cm³/mol. The number of hydrogen-bond acceptors (Lipinski definition) is 6. The number of carboxylic acid groups (broad SMARTS) is 1. The normalized spacial score (nSPS) is 11.2. The maximum absolute atomic E-state index is 12.8. The number of para-hydroxylation sites is 1. The molecule has 0 amide bonds. The number of halogens is 1. The zero-order valence-corrected chi connectivity index (χ0v) is 16.9. The Morgan fingerprint density at radius 2 is 1.75 bits per heavy atom. The highest BCUT2D eigenvalue weighted by molar-refractivity contribution is 14.1. The van der Waals surface area contributed by atoms with Gasteiger partial charge >= 0.3 is 5.97 Å². The van der Waals surface area contributed by atoms with Gasteiger partial charge in [-0.25, -0.2) is 18.2 Å². The van der Waals surface area contributed by atoms with Crippen molar-refractivity contribution in [3.63, 3.8) is 0 Å². The highest BCUT2D eigenvalue weighted by Gasteiger charge is 2.22. The molecule has 3 aromatic rings. The van der Waals surface area contributed by atoms with Crippen molar-refractivity contribution in [1.29, 1.82) is 0 Å². The van der Waals surface area contributed by atoms with Crippen molar-refractivity contribution in [2.75, 3.05) is 4.72 Å². The number of hydrogen-bond donors (Lipinski definition) is 4. The molecule has 9 nitrogen and oxygen atoms in total. The van der Waals surface area contributed by atoms with Crippen molar-refractivity contribution < 1.29 is 23.4 Å². The maximum atomic E-state index is 12.8. The Labute approximate surface area is 172 Å². The molecule has 1 aromatic heterocycles. The Morgan fingerprint density at radius 1 is 1.11 bits per heavy atom. The zero-order valence-electron chi connectivity index (χ0n) is 13.9. The average molecular weight is 513 g/mol. The van der Waals surface area contributed by atoms with Gasteiger partial charge in [-0.1, -0.05) is 24.3 Å². The van der Waals surface area contributed by atoms with Gasteiger partial charge in [0.05, 0.1) is 5.69 Å². The third-order valence-electron chi connectivity index (χ3n) is 3.65. The molecular formula is C17H12IN3O6S. The summed E-state index contributed by atoms with van der Waals surface area (Å²) in [6.07, 6.45) is 0. The summed E-state index contributed by atoms with van der Waals surface area (Å²) in [6.45, 7) is 0. The second-order valence-corrected chi connectivity index (χ2v) is 8.31. The van der Waals surface area contributed by atoms with Crippen molar-refractivity contribution >= 4 is 44.3 Å². The largest absolute Gasteiger partial charge is 0.501 e. The van der Waals surface area contributed by atoms with Crippen LogP contribution in [0.5, 0.6) is 5.75 Å². The van der Waals surface area contributed by atoms with Gasteiger partial charge in [0.1, 0.15) is 10.7 Å². The summed E-state index contributed by atoms with van der Waals surface area (Å²) in [5.74, 6) is -2.84. The fraction of sp³-hybridized carbons (Fsp3) is 0. The van der Waals surface area contributed by atoms with Crippen LogP contribution in [-0.4, -0.2) is 34.6 Å². The number of benzene rings is 2. The molecule has 1 heterocycles. The number of nitrogens with one attached hydrogen (secondary N) is 2. The van der Waals surface area contributed by atoms with E-state index in [-0.39, 0.29) is 22.0 Å². The van der Waals surface area contributed by atoms with Gasteiger partial charge in [0, 0.05) is 9.13 Å². The predicted octanol–water partition coefficient (Wildman–Crippen LogP) is 2.25. The van der Waals surface area contributed by atoms with Crippen molar-refractivity contribution in [2.24, 2.45) is 0 Å². The molecule has 11 heteroatoms. The van der Waals surface area contributed by atoms with Crippen LogP contribution in [0.4, 0.5) is 5.69 Å². The second-order valence-electron chi connectivity index (χ2n) is 5.50. The number of nitrogens with zero attached hydrogens (tertiary/aromatic N) is 1. The Morgan fingerprint density at radius 3 is 2.43 bits per heavy atom. The molecule has 0 unspecified atom stereocenters. The summed E-state index contributed by atoms with van der Waals surface area (Å²) in [5, 5.41) is 18.7. The van der Waals surface area contributed by atoms with Crippen LogP contribution in [0.1, 0.15) is 10.5 Å². The van der Waals surface area contributed by atoms with Gasteiger partial charge in [-0.15, -0.1) is 0 Å². The Hall–Kier alpha value is -2.93. The van der Waals surface area contributed by atoms with Gasteiger partial charge in [-0.3, -0.25) is 9.52 Å². The van der Waals surface area contributed by atoms with Crippen LogP contribution in [0.3, 0.4) is 0 Å². The van der Waals surface area contributed by atoms with E-state index in [2.05, 4.69) is 14.7 Å². The van der Waals surface area contributed by atoms with Gasteiger partial charge in [-0.05, 0) is 46.9 Å². The molecule has 0 spiro atoms. The first-order chi connectivity index (χ1) is 13.2. The van der Waals surface area contributed by atoms with Gasteiger partial charge in [0.15, 0.2) is 5.69 Å². The van der Waals surface area contributed by atoms with Gasteiger partial charge in [0.2, 0.25) is 5.75 Å². The zero-order chi connectivity index (χ0) is 20.5. The molecule has 3 rings (SSSR count). The summed E-state index contributed by atoms with van der Waals surface area (Å²) in [7, 11) is -3.96. The Balaban J connectivity index is 2.12. The molecule has 144 valence electrons. The van der Waals surface area contributed by atoms with E-state index in [9.17, 15) is 23.1 Å². The summed E-state index contributed by atoms with van der Waals surface area (Å²) < 4.78 is 28.4. The number of carboxylic acids is 1. The third kappa shape index (κ3) is 3.84. The molecule has 0 aliphatic heterocycles. The topological polar surface area (TPSA) is 149 Å². The second kappa shape index (κ2) is 7.59. The molecule has 0 fully saturated rings. The number of aromatic amines is 1. The molecule has 0 saturated carbocycles. The van der Waals surface area contributed by atoms with Crippen molar-refractivity contribution in [3.05, 3.63) is 68.1 Å². The molecular weight excluding hydrogens is 501 g/mol. The smallest absolute Gasteiger partial charge is 0.358 e. The lowest BCUT2D eigenvalue weighted by molar-refractivity contribution is 0.0686. The van der Waals surface area contributed by atoms with Crippen LogP contribution < -0.4 is 10.3 Å². The van der Waals surface area contributed by atoms with E-state index in [0.717, 1.165) is 0 Å². The molecule has 2 aromatic carbocycles. The van der Waals surface area contributed by atoms with E-state index >= 15 is 0 Å². The monoisotopic (exact) mass is 513 g/mol. The van der Waals surface area contributed by atoms with E-state index in [0.29, 0.717) is 3.57 Å². The molecule has 0 aliphatic rings. The molecule has 0 bridgehead atoms. The van der Waals surface area contributed by atoms with Gasteiger partial charge in [-0.2, -0.15) is 0 Å². The summed E-state index contributed by atoms with van der Waals surface area (Å²) in [4.78, 5) is 29.1. The van der Waals surface area contributed by atoms with E-state index in [1.54, 1.807) is 30.3 Å². The van der Waals surface area contributed by atoms with Crippen LogP contribution in [0.25, 0.3) is 11.4 Å². The van der Waals surface area contributed by atoms with Crippen LogP contribution >= 0.6 is 22.6 Å². The van der Waals surface area contributed by atoms with Gasteiger partial charge < -0.3 is 15.2 Å². The molecule has 0 atom stereocenters. The molecule has 0 saturated heterocycles. The number of sulfonamides is 1. The number of aromatic carboxylic acids is 1. The fourth-order valence-corrected chi connectivity index (χ4v) is 4.80. The summed E-state index contributed by atoms with van der Waals surface area (Å²) >= 11 is 1.90. The Bertz CT molecular complexity index is 1240. The maximum Gasteiger partial charge on any atom is 0.358 e. The van der Waals surface area contributed by atoms with E-state index in [4.69, 9.17) is 5.11 Å². The first-order valence-corrected chi connectivity index (χ1v) is 10.2. The average Bonchev–Trinajstić information content (AvgIpc) is 2.64. The van der Waals surface area contributed by atoms with E-state index in [1.165, 1.54) is 18.2 Å². The number of carbonyl (C=O) groups is 1. The van der Waals surface area contributed by atoms with Crippen molar-refractivity contribution in [1.82, 2.24) is 9.97 Å². The lowest BCUT2D eigenvalue weighted by Crippen LogP contribution is -2.17. The number of H-pyrrole nitrogens is 1. The van der Waals surface area contributed by atoms with Crippen LogP contribution in [0.15, 0.2) is 58.2 Å². The SMILES string of the molecule is O=C(O)c1nc(-c2ccccc2NS(=O)(=O)c2ccccc2I)[nH]c(=O)c1O. The molecule has 28 heavy (non-hydrogen) atoms. The fourth-order valence-electron chi connectivity index (χ4n) is 2.38. The minimum absolute atomic E-state index is 0.0591. The molecule has 0 radical (unpaired) electrons. The Kier molecular flexibility index (Phi) is 5.38. The number of anilines is 1. The molecule has 4 N–H and O–H groups in total. The minimum Gasteiger partial charge on any atom is -0.501 e.